The predicted molar refractivity (Wildman–Crippen MR) is 109 cm³/mol. The number of carbonyl (C=O) groups is 1. The van der Waals surface area contributed by atoms with E-state index in [1.807, 2.05) is 37.3 Å². The van der Waals surface area contributed by atoms with E-state index in [0.29, 0.717) is 30.0 Å². The zero-order valence-electron chi connectivity index (χ0n) is 16.2. The molecule has 2 heterocycles. The second-order valence-electron chi connectivity index (χ2n) is 7.20. The van der Waals surface area contributed by atoms with Gasteiger partial charge in [0.1, 0.15) is 17.1 Å². The molecule has 1 aliphatic heterocycles. The summed E-state index contributed by atoms with van der Waals surface area (Å²) in [5.41, 5.74) is 2.51. The van der Waals surface area contributed by atoms with Crippen molar-refractivity contribution in [3.05, 3.63) is 82.4 Å². The van der Waals surface area contributed by atoms with Crippen LogP contribution in [0.2, 0.25) is 5.15 Å². The van der Waals surface area contributed by atoms with Gasteiger partial charge < -0.3 is 9.64 Å². The SMILES string of the molecule is Cc1nn(-c2ccc(F)cc2)c(Cl)c1C(=O)N1C[C@@H](C)O[C@H](c2ccccc2)C1. The summed E-state index contributed by atoms with van der Waals surface area (Å²) < 4.78 is 20.7. The van der Waals surface area contributed by atoms with Gasteiger partial charge in [-0.25, -0.2) is 9.07 Å². The van der Waals surface area contributed by atoms with Crippen LogP contribution in [-0.2, 0) is 4.74 Å². The molecule has 1 aliphatic rings. The maximum Gasteiger partial charge on any atom is 0.259 e. The smallest absolute Gasteiger partial charge is 0.259 e. The minimum absolute atomic E-state index is 0.107. The summed E-state index contributed by atoms with van der Waals surface area (Å²) in [6.45, 7) is 4.60. The number of carbonyl (C=O) groups excluding carboxylic acids is 1. The van der Waals surface area contributed by atoms with E-state index >= 15 is 0 Å². The van der Waals surface area contributed by atoms with Crippen LogP contribution in [-0.4, -0.2) is 39.8 Å². The fourth-order valence-corrected chi connectivity index (χ4v) is 3.98. The number of hydrogen-bond donors (Lipinski definition) is 0. The molecule has 1 amide bonds. The Bertz CT molecular complexity index is 1020. The summed E-state index contributed by atoms with van der Waals surface area (Å²) in [5.74, 6) is -0.531. The third-order valence-electron chi connectivity index (χ3n) is 5.01. The standard InChI is InChI=1S/C22H21ClFN3O2/c1-14-12-26(13-19(29-14)16-6-4-3-5-7-16)22(28)20-15(2)25-27(21(20)23)18-10-8-17(24)9-11-18/h3-11,14,19H,12-13H2,1-2H3/t14-,19+/m1/s1. The second-order valence-corrected chi connectivity index (χ2v) is 7.55. The van der Waals surface area contributed by atoms with Gasteiger partial charge in [-0.15, -0.1) is 0 Å². The van der Waals surface area contributed by atoms with E-state index in [2.05, 4.69) is 5.10 Å². The number of nitrogens with zero attached hydrogens (tertiary/aromatic N) is 3. The zero-order chi connectivity index (χ0) is 20.5. The van der Waals surface area contributed by atoms with Crippen LogP contribution in [0.4, 0.5) is 4.39 Å². The van der Waals surface area contributed by atoms with Gasteiger partial charge in [-0.05, 0) is 43.7 Å². The highest BCUT2D eigenvalue weighted by molar-refractivity contribution is 6.33. The van der Waals surface area contributed by atoms with Crippen LogP contribution in [0.5, 0.6) is 0 Å². The van der Waals surface area contributed by atoms with Crippen molar-refractivity contribution in [1.82, 2.24) is 14.7 Å². The number of aryl methyl sites for hydroxylation is 1. The Morgan fingerprint density at radius 1 is 1.14 bits per heavy atom. The van der Waals surface area contributed by atoms with Crippen LogP contribution in [0.3, 0.4) is 0 Å². The number of benzene rings is 2. The molecule has 1 saturated heterocycles. The molecule has 1 aromatic heterocycles. The highest BCUT2D eigenvalue weighted by Gasteiger charge is 2.33. The van der Waals surface area contributed by atoms with E-state index in [9.17, 15) is 9.18 Å². The van der Waals surface area contributed by atoms with Crippen molar-refractivity contribution in [1.29, 1.82) is 0 Å². The van der Waals surface area contributed by atoms with Crippen molar-refractivity contribution in [2.24, 2.45) is 0 Å². The van der Waals surface area contributed by atoms with Gasteiger partial charge in [-0.1, -0.05) is 41.9 Å². The van der Waals surface area contributed by atoms with Gasteiger partial charge in [0.2, 0.25) is 0 Å². The topological polar surface area (TPSA) is 47.4 Å². The quantitative estimate of drug-likeness (QED) is 0.631. The molecule has 2 aromatic carbocycles. The van der Waals surface area contributed by atoms with E-state index < -0.39 is 0 Å². The van der Waals surface area contributed by atoms with Crippen LogP contribution in [0.15, 0.2) is 54.6 Å². The molecule has 4 rings (SSSR count). The first-order chi connectivity index (χ1) is 13.9. The van der Waals surface area contributed by atoms with Crippen LogP contribution in [0.1, 0.15) is 34.6 Å². The maximum absolute atomic E-state index is 13.3. The van der Waals surface area contributed by atoms with E-state index in [1.54, 1.807) is 24.0 Å². The Labute approximate surface area is 173 Å². The lowest BCUT2D eigenvalue weighted by Gasteiger charge is -2.37. The lowest BCUT2D eigenvalue weighted by atomic mass is 10.1. The molecule has 0 saturated carbocycles. The molecule has 1 fully saturated rings. The van der Waals surface area contributed by atoms with Crippen LogP contribution in [0.25, 0.3) is 5.69 Å². The molecule has 7 heteroatoms. The Kier molecular flexibility index (Phi) is 5.39. The lowest BCUT2D eigenvalue weighted by Crippen LogP contribution is -2.46. The first kappa shape index (κ1) is 19.6. The highest BCUT2D eigenvalue weighted by atomic mass is 35.5. The third-order valence-corrected chi connectivity index (χ3v) is 5.36. The molecule has 150 valence electrons. The summed E-state index contributed by atoms with van der Waals surface area (Å²) in [6.07, 6.45) is -0.306. The molecule has 0 aliphatic carbocycles. The summed E-state index contributed by atoms with van der Waals surface area (Å²) in [5, 5.41) is 4.62. The second kappa shape index (κ2) is 7.97. The Balaban J connectivity index is 1.63. The van der Waals surface area contributed by atoms with Crippen LogP contribution >= 0.6 is 11.6 Å². The van der Waals surface area contributed by atoms with E-state index in [-0.39, 0.29) is 29.1 Å². The average molecular weight is 414 g/mol. The number of amides is 1. The zero-order valence-corrected chi connectivity index (χ0v) is 16.9. The molecule has 0 spiro atoms. The molecule has 0 unspecified atom stereocenters. The molecule has 29 heavy (non-hydrogen) atoms. The number of morpholine rings is 1. The lowest BCUT2D eigenvalue weighted by molar-refractivity contribution is -0.0691. The number of ether oxygens (including phenoxy) is 1. The molecule has 0 radical (unpaired) electrons. The maximum atomic E-state index is 13.3. The molecule has 0 N–H and O–H groups in total. The molecular weight excluding hydrogens is 393 g/mol. The minimum Gasteiger partial charge on any atom is -0.367 e. The molecule has 0 bridgehead atoms. The Morgan fingerprint density at radius 2 is 1.83 bits per heavy atom. The molecule has 3 aromatic rings. The van der Waals surface area contributed by atoms with Gasteiger partial charge in [0.15, 0.2) is 0 Å². The summed E-state index contributed by atoms with van der Waals surface area (Å²) in [6, 6.07) is 15.7. The van der Waals surface area contributed by atoms with Gasteiger partial charge in [-0.3, -0.25) is 4.79 Å². The highest BCUT2D eigenvalue weighted by Crippen LogP contribution is 2.29. The van der Waals surface area contributed by atoms with Gasteiger partial charge in [-0.2, -0.15) is 5.10 Å². The average Bonchev–Trinajstić information content (AvgIpc) is 3.02. The number of halogens is 2. The minimum atomic E-state index is -0.348. The largest absolute Gasteiger partial charge is 0.367 e. The van der Waals surface area contributed by atoms with E-state index in [0.717, 1.165) is 5.56 Å². The Hall–Kier alpha value is -2.70. The predicted octanol–water partition coefficient (Wildman–Crippen LogP) is 4.58. The molecule has 5 nitrogen and oxygen atoms in total. The third kappa shape index (κ3) is 3.91. The van der Waals surface area contributed by atoms with Crippen LogP contribution in [0, 0.1) is 12.7 Å². The molecule has 2 atom stereocenters. The fourth-order valence-electron chi connectivity index (χ4n) is 3.62. The van der Waals surface area contributed by atoms with E-state index in [1.165, 1.54) is 16.8 Å². The summed E-state index contributed by atoms with van der Waals surface area (Å²) >= 11 is 6.54. The van der Waals surface area contributed by atoms with Gasteiger partial charge >= 0.3 is 0 Å². The van der Waals surface area contributed by atoms with Crippen molar-refractivity contribution in [3.63, 3.8) is 0 Å². The van der Waals surface area contributed by atoms with Crippen molar-refractivity contribution < 1.29 is 13.9 Å². The van der Waals surface area contributed by atoms with Gasteiger partial charge in [0.05, 0.1) is 29.6 Å². The monoisotopic (exact) mass is 413 g/mol. The van der Waals surface area contributed by atoms with E-state index in [4.69, 9.17) is 16.3 Å². The Morgan fingerprint density at radius 3 is 2.52 bits per heavy atom. The summed E-state index contributed by atoms with van der Waals surface area (Å²) in [4.78, 5) is 15.1. The summed E-state index contributed by atoms with van der Waals surface area (Å²) in [7, 11) is 0. The first-order valence-corrected chi connectivity index (χ1v) is 9.82. The molecular formula is C22H21ClFN3O2. The number of rotatable bonds is 3. The van der Waals surface area contributed by atoms with Gasteiger partial charge in [0.25, 0.3) is 5.91 Å². The first-order valence-electron chi connectivity index (χ1n) is 9.44. The van der Waals surface area contributed by atoms with Crippen molar-refractivity contribution in [3.8, 4) is 5.69 Å². The normalized spacial score (nSPS) is 19.4. The number of hydrogen-bond acceptors (Lipinski definition) is 3. The number of aromatic nitrogens is 2. The van der Waals surface area contributed by atoms with Gasteiger partial charge in [0, 0.05) is 6.54 Å². The van der Waals surface area contributed by atoms with Crippen molar-refractivity contribution in [2.45, 2.75) is 26.1 Å². The fraction of sp³-hybridized carbons (Fsp3) is 0.273. The van der Waals surface area contributed by atoms with Crippen molar-refractivity contribution in [2.75, 3.05) is 13.1 Å². The van der Waals surface area contributed by atoms with Crippen LogP contribution < -0.4 is 0 Å². The van der Waals surface area contributed by atoms with Crippen molar-refractivity contribution >= 4 is 17.5 Å².